The van der Waals surface area contributed by atoms with E-state index in [9.17, 15) is 4.79 Å². The van der Waals surface area contributed by atoms with Crippen LogP contribution >= 0.6 is 15.9 Å². The highest BCUT2D eigenvalue weighted by atomic mass is 79.9. The van der Waals surface area contributed by atoms with E-state index in [0.717, 1.165) is 17.4 Å². The third kappa shape index (κ3) is 3.82. The molecule has 0 aliphatic heterocycles. The van der Waals surface area contributed by atoms with Gasteiger partial charge in [0.05, 0.1) is 11.9 Å². The van der Waals surface area contributed by atoms with E-state index in [2.05, 4.69) is 26.2 Å². The predicted octanol–water partition coefficient (Wildman–Crippen LogP) is 2.05. The van der Waals surface area contributed by atoms with Crippen LogP contribution in [0.4, 0.5) is 5.69 Å². The molecule has 1 amide bonds. The SMILES string of the molecule is Nc1ccc(Br)cc1C(=O)NCCCn1ccnc1. The summed E-state index contributed by atoms with van der Waals surface area (Å²) in [7, 11) is 0. The minimum atomic E-state index is -0.149. The highest BCUT2D eigenvalue weighted by Crippen LogP contribution is 2.18. The number of aryl methyl sites for hydroxylation is 1. The average Bonchev–Trinajstić information content (AvgIpc) is 2.90. The molecule has 1 aromatic heterocycles. The van der Waals surface area contributed by atoms with Gasteiger partial charge in [0.1, 0.15) is 0 Å². The molecule has 0 atom stereocenters. The molecule has 0 radical (unpaired) electrons. The van der Waals surface area contributed by atoms with Gasteiger partial charge >= 0.3 is 0 Å². The zero-order valence-corrected chi connectivity index (χ0v) is 11.9. The largest absolute Gasteiger partial charge is 0.398 e. The van der Waals surface area contributed by atoms with E-state index in [4.69, 9.17) is 5.73 Å². The summed E-state index contributed by atoms with van der Waals surface area (Å²) in [5.41, 5.74) is 6.76. The fourth-order valence-electron chi connectivity index (χ4n) is 1.70. The number of amides is 1. The van der Waals surface area contributed by atoms with E-state index in [1.807, 2.05) is 16.8 Å². The van der Waals surface area contributed by atoms with Crippen molar-refractivity contribution in [2.24, 2.45) is 0 Å². The second-order valence-corrected chi connectivity index (χ2v) is 5.06. The fraction of sp³-hybridized carbons (Fsp3) is 0.231. The first-order chi connectivity index (χ1) is 9.16. The van der Waals surface area contributed by atoms with Crippen molar-refractivity contribution in [1.82, 2.24) is 14.9 Å². The summed E-state index contributed by atoms with van der Waals surface area (Å²) in [6.07, 6.45) is 6.24. The van der Waals surface area contributed by atoms with Crippen LogP contribution in [0.25, 0.3) is 0 Å². The summed E-state index contributed by atoms with van der Waals surface area (Å²) in [6.45, 7) is 1.43. The molecular formula is C13H15BrN4O. The van der Waals surface area contributed by atoms with Crippen LogP contribution in [0.2, 0.25) is 0 Å². The van der Waals surface area contributed by atoms with Crippen LogP contribution in [0.1, 0.15) is 16.8 Å². The van der Waals surface area contributed by atoms with Gasteiger partial charge in [0.25, 0.3) is 5.91 Å². The van der Waals surface area contributed by atoms with Crippen LogP contribution in [0.15, 0.2) is 41.4 Å². The van der Waals surface area contributed by atoms with E-state index in [0.29, 0.717) is 17.8 Å². The van der Waals surface area contributed by atoms with Gasteiger partial charge in [0.15, 0.2) is 0 Å². The Balaban J connectivity index is 1.82. The predicted molar refractivity (Wildman–Crippen MR) is 77.7 cm³/mol. The van der Waals surface area contributed by atoms with Gasteiger partial charge in [-0.25, -0.2) is 4.98 Å². The van der Waals surface area contributed by atoms with Crippen molar-refractivity contribution in [1.29, 1.82) is 0 Å². The topological polar surface area (TPSA) is 72.9 Å². The average molecular weight is 323 g/mol. The minimum Gasteiger partial charge on any atom is -0.398 e. The number of imidazole rings is 1. The number of aromatic nitrogens is 2. The van der Waals surface area contributed by atoms with Crippen LogP contribution in [-0.4, -0.2) is 22.0 Å². The number of nitrogen functional groups attached to an aromatic ring is 1. The van der Waals surface area contributed by atoms with E-state index in [1.165, 1.54) is 0 Å². The zero-order chi connectivity index (χ0) is 13.7. The lowest BCUT2D eigenvalue weighted by Gasteiger charge is -2.08. The molecule has 3 N–H and O–H groups in total. The third-order valence-corrected chi connectivity index (χ3v) is 3.19. The van der Waals surface area contributed by atoms with Gasteiger partial charge in [0.2, 0.25) is 0 Å². The highest BCUT2D eigenvalue weighted by Gasteiger charge is 2.09. The Morgan fingerprint density at radius 3 is 3.05 bits per heavy atom. The van der Waals surface area contributed by atoms with Crippen LogP contribution in [0.5, 0.6) is 0 Å². The molecule has 0 fully saturated rings. The number of anilines is 1. The van der Waals surface area contributed by atoms with E-state index < -0.39 is 0 Å². The zero-order valence-electron chi connectivity index (χ0n) is 10.3. The number of hydrogen-bond acceptors (Lipinski definition) is 3. The first-order valence-electron chi connectivity index (χ1n) is 5.96. The molecule has 0 bridgehead atoms. The molecule has 1 aromatic carbocycles. The normalized spacial score (nSPS) is 10.4. The Morgan fingerprint density at radius 2 is 2.32 bits per heavy atom. The smallest absolute Gasteiger partial charge is 0.253 e. The van der Waals surface area contributed by atoms with Gasteiger partial charge in [0, 0.05) is 35.6 Å². The molecule has 0 aliphatic carbocycles. The number of nitrogens with zero attached hydrogens (tertiary/aromatic N) is 2. The molecule has 5 nitrogen and oxygen atoms in total. The number of nitrogens with two attached hydrogens (primary N) is 1. The lowest BCUT2D eigenvalue weighted by atomic mass is 10.1. The van der Waals surface area contributed by atoms with Gasteiger partial charge in [-0.15, -0.1) is 0 Å². The van der Waals surface area contributed by atoms with E-state index in [1.54, 1.807) is 24.7 Å². The number of hydrogen-bond donors (Lipinski definition) is 2. The molecule has 0 spiro atoms. The van der Waals surface area contributed by atoms with Crippen LogP contribution in [0, 0.1) is 0 Å². The lowest BCUT2D eigenvalue weighted by Crippen LogP contribution is -2.26. The Labute approximate surface area is 120 Å². The molecule has 0 saturated carbocycles. The second kappa shape index (κ2) is 6.38. The highest BCUT2D eigenvalue weighted by molar-refractivity contribution is 9.10. The van der Waals surface area contributed by atoms with Crippen molar-refractivity contribution in [2.75, 3.05) is 12.3 Å². The number of halogens is 1. The molecule has 2 aromatic rings. The minimum absolute atomic E-state index is 0.149. The van der Waals surface area contributed by atoms with Gasteiger partial charge in [-0.3, -0.25) is 4.79 Å². The Morgan fingerprint density at radius 1 is 1.47 bits per heavy atom. The summed E-state index contributed by atoms with van der Waals surface area (Å²) in [5.74, 6) is -0.149. The van der Waals surface area contributed by atoms with E-state index >= 15 is 0 Å². The maximum atomic E-state index is 11.9. The van der Waals surface area contributed by atoms with E-state index in [-0.39, 0.29) is 5.91 Å². The molecule has 2 rings (SSSR count). The Hall–Kier alpha value is -1.82. The molecule has 6 heteroatoms. The van der Waals surface area contributed by atoms with Crippen LogP contribution < -0.4 is 11.1 Å². The fourth-order valence-corrected chi connectivity index (χ4v) is 2.06. The molecule has 19 heavy (non-hydrogen) atoms. The number of nitrogens with one attached hydrogen (secondary N) is 1. The van der Waals surface area contributed by atoms with Crippen molar-refractivity contribution in [3.05, 3.63) is 47.0 Å². The van der Waals surface area contributed by atoms with Crippen molar-refractivity contribution in [3.8, 4) is 0 Å². The van der Waals surface area contributed by atoms with Gasteiger partial charge in [-0.2, -0.15) is 0 Å². The van der Waals surface area contributed by atoms with Gasteiger partial charge in [-0.05, 0) is 24.6 Å². The van der Waals surface area contributed by atoms with Crippen molar-refractivity contribution >= 4 is 27.5 Å². The maximum Gasteiger partial charge on any atom is 0.253 e. The monoisotopic (exact) mass is 322 g/mol. The molecule has 0 unspecified atom stereocenters. The molecule has 0 saturated heterocycles. The summed E-state index contributed by atoms with van der Waals surface area (Å²) in [6, 6.07) is 5.25. The van der Waals surface area contributed by atoms with Crippen molar-refractivity contribution in [3.63, 3.8) is 0 Å². The standard InChI is InChI=1S/C13H15BrN4O/c14-10-2-3-12(15)11(8-10)13(19)17-4-1-6-18-7-5-16-9-18/h2-3,5,7-9H,1,4,6,15H2,(H,17,19). The number of carbonyl (C=O) groups excluding carboxylic acids is 1. The molecule has 100 valence electrons. The summed E-state index contributed by atoms with van der Waals surface area (Å²) >= 11 is 3.33. The van der Waals surface area contributed by atoms with Crippen LogP contribution in [-0.2, 0) is 6.54 Å². The molecule has 1 heterocycles. The quantitative estimate of drug-likeness (QED) is 0.653. The lowest BCUT2D eigenvalue weighted by molar-refractivity contribution is 0.0953. The molecular weight excluding hydrogens is 308 g/mol. The van der Waals surface area contributed by atoms with Gasteiger partial charge in [-0.1, -0.05) is 15.9 Å². The first-order valence-corrected chi connectivity index (χ1v) is 6.75. The van der Waals surface area contributed by atoms with Crippen molar-refractivity contribution < 1.29 is 4.79 Å². The Kier molecular flexibility index (Phi) is 4.57. The molecule has 0 aliphatic rings. The summed E-state index contributed by atoms with van der Waals surface area (Å²) in [5, 5.41) is 2.86. The third-order valence-electron chi connectivity index (χ3n) is 2.70. The number of benzene rings is 1. The second-order valence-electron chi connectivity index (χ2n) is 4.14. The number of rotatable bonds is 5. The first kappa shape index (κ1) is 13.6. The number of carbonyl (C=O) groups is 1. The van der Waals surface area contributed by atoms with Crippen LogP contribution in [0.3, 0.4) is 0 Å². The van der Waals surface area contributed by atoms with Crippen molar-refractivity contribution in [2.45, 2.75) is 13.0 Å². The summed E-state index contributed by atoms with van der Waals surface area (Å²) in [4.78, 5) is 15.9. The maximum absolute atomic E-state index is 11.9. The van der Waals surface area contributed by atoms with Gasteiger partial charge < -0.3 is 15.6 Å². The Bertz CT molecular complexity index is 554. The summed E-state index contributed by atoms with van der Waals surface area (Å²) < 4.78 is 2.81.